The van der Waals surface area contributed by atoms with Crippen LogP contribution in [0.25, 0.3) is 0 Å². The number of aryl methyl sites for hydroxylation is 1. The third-order valence-corrected chi connectivity index (χ3v) is 6.66. The van der Waals surface area contributed by atoms with Gasteiger partial charge in [-0.05, 0) is 31.0 Å². The van der Waals surface area contributed by atoms with Crippen molar-refractivity contribution >= 4 is 19.9 Å². The topological polar surface area (TPSA) is 106 Å². The van der Waals surface area contributed by atoms with E-state index in [0.29, 0.717) is 0 Å². The van der Waals surface area contributed by atoms with E-state index < -0.39 is 31.7 Å². The minimum atomic E-state index is -3.90. The fourth-order valence-electron chi connectivity index (χ4n) is 2.29. The highest BCUT2D eigenvalue weighted by molar-refractivity contribution is 7.92. The lowest BCUT2D eigenvalue weighted by atomic mass is 10.1. The molecule has 0 aliphatic carbocycles. The Labute approximate surface area is 123 Å². The van der Waals surface area contributed by atoms with E-state index in [9.17, 15) is 21.2 Å². The quantitative estimate of drug-likeness (QED) is 0.808. The summed E-state index contributed by atoms with van der Waals surface area (Å²) in [6.07, 6.45) is 0.242. The Kier molecular flexibility index (Phi) is 4.39. The van der Waals surface area contributed by atoms with Crippen LogP contribution in [0.5, 0.6) is 0 Å². The number of nitrogens with two attached hydrogens (primary N) is 1. The first kappa shape index (κ1) is 16.3. The number of sulfonamides is 1. The van der Waals surface area contributed by atoms with E-state index in [-0.39, 0.29) is 40.5 Å². The molecule has 1 aliphatic rings. The third kappa shape index (κ3) is 3.60. The Morgan fingerprint density at radius 1 is 1.43 bits per heavy atom. The summed E-state index contributed by atoms with van der Waals surface area (Å²) < 4.78 is 63.3. The second-order valence-corrected chi connectivity index (χ2v) is 9.08. The highest BCUT2D eigenvalue weighted by Gasteiger charge is 2.31. The van der Waals surface area contributed by atoms with Crippen molar-refractivity contribution in [3.05, 3.63) is 29.1 Å². The second kappa shape index (κ2) is 5.64. The van der Waals surface area contributed by atoms with Gasteiger partial charge >= 0.3 is 0 Å². The van der Waals surface area contributed by atoms with Crippen molar-refractivity contribution < 1.29 is 21.2 Å². The fourth-order valence-corrected chi connectivity index (χ4v) is 5.47. The van der Waals surface area contributed by atoms with Crippen LogP contribution in [0.2, 0.25) is 0 Å². The average Bonchev–Trinajstić information content (AvgIpc) is 2.70. The summed E-state index contributed by atoms with van der Waals surface area (Å²) in [6.45, 7) is 1.33. The van der Waals surface area contributed by atoms with Crippen molar-refractivity contribution in [2.75, 3.05) is 11.5 Å². The van der Waals surface area contributed by atoms with Crippen molar-refractivity contribution in [2.45, 2.75) is 30.8 Å². The molecule has 1 aromatic rings. The zero-order valence-corrected chi connectivity index (χ0v) is 13.1. The first-order chi connectivity index (χ1) is 9.64. The predicted octanol–water partition coefficient (Wildman–Crippen LogP) is 0.0582. The van der Waals surface area contributed by atoms with Crippen LogP contribution in [-0.4, -0.2) is 34.4 Å². The van der Waals surface area contributed by atoms with Crippen LogP contribution in [-0.2, 0) is 26.4 Å². The molecule has 2 rings (SSSR count). The minimum Gasteiger partial charge on any atom is -0.326 e. The van der Waals surface area contributed by atoms with Gasteiger partial charge in [0.15, 0.2) is 9.84 Å². The van der Waals surface area contributed by atoms with E-state index >= 15 is 0 Å². The molecule has 0 amide bonds. The standard InChI is InChI=1S/C12H17FN2O4S2/c1-8-4-11(5-9(6-14)12(8)13)21(18,19)15-10-2-3-20(16,17)7-10/h4-5,10,15H,2-3,6-7,14H2,1H3. The maximum atomic E-state index is 13.7. The van der Waals surface area contributed by atoms with E-state index in [1.807, 2.05) is 0 Å². The highest BCUT2D eigenvalue weighted by Crippen LogP contribution is 2.21. The summed E-state index contributed by atoms with van der Waals surface area (Å²) in [5.41, 5.74) is 5.68. The zero-order chi connectivity index (χ0) is 15.8. The van der Waals surface area contributed by atoms with Crippen molar-refractivity contribution in [2.24, 2.45) is 5.73 Å². The van der Waals surface area contributed by atoms with Crippen LogP contribution in [0.4, 0.5) is 4.39 Å². The molecule has 3 N–H and O–H groups in total. The number of rotatable bonds is 4. The molecule has 0 radical (unpaired) electrons. The maximum absolute atomic E-state index is 13.7. The zero-order valence-electron chi connectivity index (χ0n) is 11.5. The number of benzene rings is 1. The van der Waals surface area contributed by atoms with Crippen molar-refractivity contribution in [3.63, 3.8) is 0 Å². The van der Waals surface area contributed by atoms with Gasteiger partial charge in [-0.1, -0.05) is 0 Å². The van der Waals surface area contributed by atoms with Gasteiger partial charge in [-0.2, -0.15) is 0 Å². The van der Waals surface area contributed by atoms with Crippen LogP contribution in [0.1, 0.15) is 17.5 Å². The molecule has 118 valence electrons. The van der Waals surface area contributed by atoms with Gasteiger partial charge in [0.05, 0.1) is 16.4 Å². The number of hydrogen-bond donors (Lipinski definition) is 2. The van der Waals surface area contributed by atoms with Crippen LogP contribution in [0.3, 0.4) is 0 Å². The normalized spacial score (nSPS) is 21.6. The Morgan fingerprint density at radius 2 is 2.10 bits per heavy atom. The Morgan fingerprint density at radius 3 is 2.62 bits per heavy atom. The lowest BCUT2D eigenvalue weighted by Gasteiger charge is -2.13. The van der Waals surface area contributed by atoms with Crippen molar-refractivity contribution in [3.8, 4) is 0 Å². The summed E-state index contributed by atoms with van der Waals surface area (Å²) >= 11 is 0. The molecular weight excluding hydrogens is 319 g/mol. The number of sulfone groups is 1. The van der Waals surface area contributed by atoms with Gasteiger partial charge in [-0.15, -0.1) is 0 Å². The van der Waals surface area contributed by atoms with E-state index in [2.05, 4.69) is 4.72 Å². The third-order valence-electron chi connectivity index (χ3n) is 3.39. The molecule has 6 nitrogen and oxygen atoms in total. The molecule has 0 bridgehead atoms. The SMILES string of the molecule is Cc1cc(S(=O)(=O)NC2CCS(=O)(=O)C2)cc(CN)c1F. The van der Waals surface area contributed by atoms with Crippen molar-refractivity contribution in [1.82, 2.24) is 4.72 Å². The van der Waals surface area contributed by atoms with Gasteiger partial charge in [0.25, 0.3) is 0 Å². The molecule has 1 atom stereocenters. The number of halogens is 1. The molecule has 1 aliphatic heterocycles. The van der Waals surface area contributed by atoms with E-state index in [0.717, 1.165) is 0 Å². The molecule has 1 unspecified atom stereocenters. The summed E-state index contributed by atoms with van der Waals surface area (Å²) in [5, 5.41) is 0. The van der Waals surface area contributed by atoms with Gasteiger partial charge in [0.2, 0.25) is 10.0 Å². The lowest BCUT2D eigenvalue weighted by Crippen LogP contribution is -2.35. The molecule has 1 aromatic carbocycles. The van der Waals surface area contributed by atoms with Gasteiger partial charge in [0.1, 0.15) is 5.82 Å². The molecule has 0 spiro atoms. The molecule has 9 heteroatoms. The Hall–Kier alpha value is -1.03. The van der Waals surface area contributed by atoms with Gasteiger partial charge in [-0.3, -0.25) is 0 Å². The molecule has 1 heterocycles. The molecule has 0 aromatic heterocycles. The highest BCUT2D eigenvalue weighted by atomic mass is 32.2. The maximum Gasteiger partial charge on any atom is 0.240 e. The first-order valence-corrected chi connectivity index (χ1v) is 9.67. The van der Waals surface area contributed by atoms with Crippen LogP contribution in [0.15, 0.2) is 17.0 Å². The molecule has 1 fully saturated rings. The van der Waals surface area contributed by atoms with Crippen LogP contribution in [0, 0.1) is 12.7 Å². The average molecular weight is 336 g/mol. The second-order valence-electron chi connectivity index (χ2n) is 5.14. The lowest BCUT2D eigenvalue weighted by molar-refractivity contribution is 0.560. The van der Waals surface area contributed by atoms with E-state index in [1.54, 1.807) is 0 Å². The molecule has 1 saturated heterocycles. The van der Waals surface area contributed by atoms with E-state index in [1.165, 1.54) is 19.1 Å². The fraction of sp³-hybridized carbons (Fsp3) is 0.500. The van der Waals surface area contributed by atoms with Crippen LogP contribution < -0.4 is 10.5 Å². The summed E-state index contributed by atoms with van der Waals surface area (Å²) in [4.78, 5) is -0.105. The van der Waals surface area contributed by atoms with E-state index in [4.69, 9.17) is 5.73 Å². The monoisotopic (exact) mass is 336 g/mol. The summed E-state index contributed by atoms with van der Waals surface area (Å²) in [5.74, 6) is -0.771. The first-order valence-electron chi connectivity index (χ1n) is 6.36. The molecule has 21 heavy (non-hydrogen) atoms. The largest absolute Gasteiger partial charge is 0.326 e. The summed E-state index contributed by atoms with van der Waals surface area (Å²) in [6, 6.07) is 1.74. The van der Waals surface area contributed by atoms with Gasteiger partial charge in [-0.25, -0.2) is 25.9 Å². The predicted molar refractivity (Wildman–Crippen MR) is 76.4 cm³/mol. The Balaban J connectivity index is 2.30. The van der Waals surface area contributed by atoms with Gasteiger partial charge < -0.3 is 5.73 Å². The van der Waals surface area contributed by atoms with Crippen molar-refractivity contribution in [1.29, 1.82) is 0 Å². The van der Waals surface area contributed by atoms with Crippen LogP contribution >= 0.6 is 0 Å². The smallest absolute Gasteiger partial charge is 0.240 e. The summed E-state index contributed by atoms with van der Waals surface area (Å²) in [7, 11) is -7.09. The molecule has 0 saturated carbocycles. The molecular formula is C12H17FN2O4S2. The number of nitrogens with one attached hydrogen (secondary N) is 1. The minimum absolute atomic E-state index is 0.0311. The van der Waals surface area contributed by atoms with Gasteiger partial charge in [0, 0.05) is 18.2 Å². The number of hydrogen-bond acceptors (Lipinski definition) is 5. The Bertz CT molecular complexity index is 760.